The van der Waals surface area contributed by atoms with Crippen molar-refractivity contribution in [3.05, 3.63) is 30.1 Å². The molecular weight excluding hydrogens is 222 g/mol. The minimum Gasteiger partial charge on any atom is -0.480 e. The topological polar surface area (TPSA) is 105 Å². The SMILES string of the molecule is NCCCC(NC(=O)c1ccncc1)C(=O)O. The zero-order chi connectivity index (χ0) is 12.7. The van der Waals surface area contributed by atoms with E-state index >= 15 is 0 Å². The van der Waals surface area contributed by atoms with Crippen LogP contribution < -0.4 is 11.1 Å². The van der Waals surface area contributed by atoms with Crippen molar-refractivity contribution < 1.29 is 14.7 Å². The predicted octanol–water partition coefficient (Wildman–Crippen LogP) is 0.00350. The Morgan fingerprint density at radius 1 is 1.41 bits per heavy atom. The molecule has 1 atom stereocenters. The van der Waals surface area contributed by atoms with E-state index in [9.17, 15) is 9.59 Å². The molecule has 0 spiro atoms. The Hall–Kier alpha value is -1.95. The molecule has 6 nitrogen and oxygen atoms in total. The van der Waals surface area contributed by atoms with Gasteiger partial charge in [-0.3, -0.25) is 9.78 Å². The van der Waals surface area contributed by atoms with Crippen molar-refractivity contribution in [1.82, 2.24) is 10.3 Å². The molecule has 1 rings (SSSR count). The van der Waals surface area contributed by atoms with E-state index in [0.29, 0.717) is 24.9 Å². The molecule has 92 valence electrons. The summed E-state index contributed by atoms with van der Waals surface area (Å²) in [6.45, 7) is 0.398. The number of carboxylic acid groups (broad SMARTS) is 1. The van der Waals surface area contributed by atoms with Crippen LogP contribution >= 0.6 is 0 Å². The molecule has 4 N–H and O–H groups in total. The van der Waals surface area contributed by atoms with Crippen LogP contribution in [0.2, 0.25) is 0 Å². The van der Waals surface area contributed by atoms with Crippen LogP contribution in [0.1, 0.15) is 23.2 Å². The zero-order valence-electron chi connectivity index (χ0n) is 9.30. The number of carbonyl (C=O) groups excluding carboxylic acids is 1. The number of hydrogen-bond acceptors (Lipinski definition) is 4. The fraction of sp³-hybridized carbons (Fsp3) is 0.364. The van der Waals surface area contributed by atoms with Crippen LogP contribution in [0.15, 0.2) is 24.5 Å². The largest absolute Gasteiger partial charge is 0.480 e. The van der Waals surface area contributed by atoms with Gasteiger partial charge in [0.2, 0.25) is 0 Å². The summed E-state index contributed by atoms with van der Waals surface area (Å²) in [6.07, 6.45) is 3.82. The summed E-state index contributed by atoms with van der Waals surface area (Å²) in [5, 5.41) is 11.4. The van der Waals surface area contributed by atoms with Gasteiger partial charge in [-0.1, -0.05) is 0 Å². The van der Waals surface area contributed by atoms with Crippen LogP contribution in [0.4, 0.5) is 0 Å². The van der Waals surface area contributed by atoms with Gasteiger partial charge in [0.15, 0.2) is 0 Å². The Balaban J connectivity index is 2.61. The first kappa shape index (κ1) is 13.1. The van der Waals surface area contributed by atoms with Crippen LogP contribution in [0.25, 0.3) is 0 Å². The van der Waals surface area contributed by atoms with Crippen LogP contribution in [0.3, 0.4) is 0 Å². The van der Waals surface area contributed by atoms with Crippen molar-refractivity contribution in [2.24, 2.45) is 5.73 Å². The lowest BCUT2D eigenvalue weighted by molar-refractivity contribution is -0.139. The van der Waals surface area contributed by atoms with Crippen molar-refractivity contribution in [3.63, 3.8) is 0 Å². The molecule has 1 heterocycles. The molecule has 17 heavy (non-hydrogen) atoms. The Kier molecular flexibility index (Phi) is 5.09. The molecule has 1 aromatic rings. The highest BCUT2D eigenvalue weighted by atomic mass is 16.4. The zero-order valence-corrected chi connectivity index (χ0v) is 9.30. The number of carbonyl (C=O) groups is 2. The maximum Gasteiger partial charge on any atom is 0.326 e. The molecule has 1 aromatic heterocycles. The highest BCUT2D eigenvalue weighted by molar-refractivity contribution is 5.96. The van der Waals surface area contributed by atoms with E-state index in [4.69, 9.17) is 10.8 Å². The van der Waals surface area contributed by atoms with Crippen molar-refractivity contribution >= 4 is 11.9 Å². The molecule has 1 unspecified atom stereocenters. The lowest BCUT2D eigenvalue weighted by Crippen LogP contribution is -2.41. The van der Waals surface area contributed by atoms with Gasteiger partial charge in [-0.25, -0.2) is 4.79 Å². The van der Waals surface area contributed by atoms with Crippen molar-refractivity contribution in [2.75, 3.05) is 6.54 Å². The number of amides is 1. The van der Waals surface area contributed by atoms with Crippen LogP contribution in [-0.2, 0) is 4.79 Å². The molecule has 0 fully saturated rings. The lowest BCUT2D eigenvalue weighted by Gasteiger charge is -2.13. The third-order valence-corrected chi connectivity index (χ3v) is 2.24. The summed E-state index contributed by atoms with van der Waals surface area (Å²) in [7, 11) is 0. The summed E-state index contributed by atoms with van der Waals surface area (Å²) >= 11 is 0. The average molecular weight is 237 g/mol. The second kappa shape index (κ2) is 6.59. The van der Waals surface area contributed by atoms with Gasteiger partial charge in [-0.15, -0.1) is 0 Å². The molecule has 0 aromatic carbocycles. The number of rotatable bonds is 6. The Bertz CT molecular complexity index is 381. The Morgan fingerprint density at radius 2 is 2.06 bits per heavy atom. The maximum absolute atomic E-state index is 11.7. The van der Waals surface area contributed by atoms with Gasteiger partial charge in [0, 0.05) is 18.0 Å². The molecule has 0 bridgehead atoms. The van der Waals surface area contributed by atoms with E-state index < -0.39 is 17.9 Å². The minimum absolute atomic E-state index is 0.322. The fourth-order valence-corrected chi connectivity index (χ4v) is 1.32. The highest BCUT2D eigenvalue weighted by Crippen LogP contribution is 2.01. The lowest BCUT2D eigenvalue weighted by atomic mass is 10.1. The highest BCUT2D eigenvalue weighted by Gasteiger charge is 2.19. The fourth-order valence-electron chi connectivity index (χ4n) is 1.32. The molecule has 0 aliphatic rings. The predicted molar refractivity (Wildman–Crippen MR) is 61.4 cm³/mol. The van der Waals surface area contributed by atoms with Crippen molar-refractivity contribution in [2.45, 2.75) is 18.9 Å². The number of hydrogen-bond donors (Lipinski definition) is 3. The van der Waals surface area contributed by atoms with E-state index in [1.165, 1.54) is 24.5 Å². The van der Waals surface area contributed by atoms with Gasteiger partial charge < -0.3 is 16.2 Å². The third kappa shape index (κ3) is 4.20. The Morgan fingerprint density at radius 3 is 2.59 bits per heavy atom. The van der Waals surface area contributed by atoms with Gasteiger partial charge in [0.05, 0.1) is 0 Å². The average Bonchev–Trinajstić information content (AvgIpc) is 2.35. The van der Waals surface area contributed by atoms with Crippen LogP contribution in [0.5, 0.6) is 0 Å². The summed E-state index contributed by atoms with van der Waals surface area (Å²) in [4.78, 5) is 26.4. The number of nitrogens with two attached hydrogens (primary N) is 1. The van der Waals surface area contributed by atoms with Gasteiger partial charge in [0.25, 0.3) is 5.91 Å². The molecule has 1 amide bonds. The summed E-state index contributed by atoms with van der Waals surface area (Å²) in [5.74, 6) is -1.47. The van der Waals surface area contributed by atoms with Gasteiger partial charge in [-0.05, 0) is 31.5 Å². The van der Waals surface area contributed by atoms with E-state index in [2.05, 4.69) is 10.3 Å². The second-order valence-electron chi connectivity index (χ2n) is 3.53. The van der Waals surface area contributed by atoms with E-state index in [1.54, 1.807) is 0 Å². The summed E-state index contributed by atoms with van der Waals surface area (Å²) in [6, 6.07) is 2.15. The number of nitrogens with one attached hydrogen (secondary N) is 1. The van der Waals surface area contributed by atoms with Crippen molar-refractivity contribution in [3.8, 4) is 0 Å². The molecule has 0 saturated carbocycles. The first-order valence-corrected chi connectivity index (χ1v) is 5.29. The quantitative estimate of drug-likeness (QED) is 0.646. The van der Waals surface area contributed by atoms with E-state index in [-0.39, 0.29) is 0 Å². The number of nitrogens with zero attached hydrogens (tertiary/aromatic N) is 1. The van der Waals surface area contributed by atoms with E-state index in [1.807, 2.05) is 0 Å². The molecule has 0 radical (unpaired) electrons. The first-order valence-electron chi connectivity index (χ1n) is 5.29. The van der Waals surface area contributed by atoms with E-state index in [0.717, 1.165) is 0 Å². The molecular formula is C11H15N3O3. The smallest absolute Gasteiger partial charge is 0.326 e. The third-order valence-electron chi connectivity index (χ3n) is 2.24. The summed E-state index contributed by atoms with van der Waals surface area (Å²) in [5.41, 5.74) is 5.69. The number of aliphatic carboxylic acids is 1. The number of pyridine rings is 1. The molecule has 0 aliphatic heterocycles. The van der Waals surface area contributed by atoms with Crippen LogP contribution in [0, 0.1) is 0 Å². The van der Waals surface area contributed by atoms with Crippen molar-refractivity contribution in [1.29, 1.82) is 0 Å². The second-order valence-corrected chi connectivity index (χ2v) is 3.53. The standard InChI is InChI=1S/C11H15N3O3/c12-5-1-2-9(11(16)17)14-10(15)8-3-6-13-7-4-8/h3-4,6-7,9H,1-2,5,12H2,(H,14,15)(H,16,17). The Labute approximate surface area is 98.8 Å². The van der Waals surface area contributed by atoms with Crippen LogP contribution in [-0.4, -0.2) is 34.6 Å². The monoisotopic (exact) mass is 237 g/mol. The number of carboxylic acids is 1. The number of aromatic nitrogens is 1. The van der Waals surface area contributed by atoms with Gasteiger partial charge in [-0.2, -0.15) is 0 Å². The van der Waals surface area contributed by atoms with Gasteiger partial charge >= 0.3 is 5.97 Å². The minimum atomic E-state index is -1.05. The molecule has 0 saturated heterocycles. The summed E-state index contributed by atoms with van der Waals surface area (Å²) < 4.78 is 0. The van der Waals surface area contributed by atoms with Gasteiger partial charge in [0.1, 0.15) is 6.04 Å². The normalized spacial score (nSPS) is 11.8. The first-order chi connectivity index (χ1) is 8.15. The molecule has 6 heteroatoms. The molecule has 0 aliphatic carbocycles. The maximum atomic E-state index is 11.7.